The third kappa shape index (κ3) is 2.57. The fourth-order valence-corrected chi connectivity index (χ4v) is 5.39. The van der Waals surface area contributed by atoms with Crippen molar-refractivity contribution in [3.8, 4) is 0 Å². The van der Waals surface area contributed by atoms with Gasteiger partial charge in [-0.2, -0.15) is 0 Å². The number of hydrogen-bond acceptors (Lipinski definition) is 3. The number of benzene rings is 2. The second-order valence-electron chi connectivity index (χ2n) is 6.69. The van der Waals surface area contributed by atoms with Gasteiger partial charge in [0.25, 0.3) is 5.91 Å². The van der Waals surface area contributed by atoms with Crippen molar-refractivity contribution in [2.24, 2.45) is 0 Å². The van der Waals surface area contributed by atoms with Crippen LogP contribution >= 0.6 is 24.0 Å². The van der Waals surface area contributed by atoms with Gasteiger partial charge in [0.15, 0.2) is 5.11 Å². The Morgan fingerprint density at radius 1 is 1.08 bits per heavy atom. The lowest BCUT2D eigenvalue weighted by atomic mass is 10.1. The van der Waals surface area contributed by atoms with Crippen LogP contribution in [-0.4, -0.2) is 27.7 Å². The first kappa shape index (κ1) is 16.6. The molecule has 0 aromatic heterocycles. The zero-order valence-corrected chi connectivity index (χ0v) is 16.2. The van der Waals surface area contributed by atoms with Gasteiger partial charge in [-0.3, -0.25) is 9.69 Å². The molecule has 2 aliphatic heterocycles. The monoisotopic (exact) mass is 368 g/mol. The summed E-state index contributed by atoms with van der Waals surface area (Å²) < 4.78 is 0. The summed E-state index contributed by atoms with van der Waals surface area (Å²) in [6.07, 6.45) is 0. The number of aryl methyl sites for hydroxylation is 2. The summed E-state index contributed by atoms with van der Waals surface area (Å²) in [6, 6.07) is 14.4. The Morgan fingerprint density at radius 3 is 2.52 bits per heavy atom. The molecule has 4 rings (SSSR count). The van der Waals surface area contributed by atoms with E-state index in [9.17, 15) is 4.79 Å². The van der Waals surface area contributed by atoms with E-state index >= 15 is 0 Å². The first-order valence-electron chi connectivity index (χ1n) is 8.39. The lowest BCUT2D eigenvalue weighted by Crippen LogP contribution is -2.34. The molecule has 1 amide bonds. The highest BCUT2D eigenvalue weighted by atomic mass is 32.2. The molecule has 2 fully saturated rings. The minimum Gasteiger partial charge on any atom is -0.319 e. The van der Waals surface area contributed by atoms with E-state index in [4.69, 9.17) is 12.2 Å². The number of carbonyl (C=O) groups is 1. The number of fused-ring (bicyclic) bond motifs is 1. The van der Waals surface area contributed by atoms with Gasteiger partial charge in [-0.1, -0.05) is 42.0 Å². The first-order chi connectivity index (χ1) is 12.0. The smallest absolute Gasteiger partial charge is 0.257 e. The van der Waals surface area contributed by atoms with Crippen molar-refractivity contribution in [3.05, 3.63) is 64.7 Å². The molecule has 0 spiro atoms. The van der Waals surface area contributed by atoms with Crippen LogP contribution in [0.2, 0.25) is 0 Å². The SMILES string of the molecule is Cc1ccc([C@@H]2SC[C@H]3C(=O)N(c4cccc(C)c4C)C(=S)N32)cc1. The lowest BCUT2D eigenvalue weighted by molar-refractivity contribution is -0.119. The molecular weight excluding hydrogens is 348 g/mol. The van der Waals surface area contributed by atoms with E-state index in [0.29, 0.717) is 5.11 Å². The van der Waals surface area contributed by atoms with Gasteiger partial charge in [-0.05, 0) is 55.7 Å². The van der Waals surface area contributed by atoms with Crippen LogP contribution in [0, 0.1) is 20.8 Å². The second-order valence-corrected chi connectivity index (χ2v) is 8.17. The quantitative estimate of drug-likeness (QED) is 0.735. The summed E-state index contributed by atoms with van der Waals surface area (Å²) in [6.45, 7) is 6.20. The molecule has 5 heteroatoms. The predicted octanol–water partition coefficient (Wildman–Crippen LogP) is 4.36. The Bertz CT molecular complexity index is 862. The molecule has 0 N–H and O–H groups in total. The van der Waals surface area contributed by atoms with Crippen LogP contribution < -0.4 is 4.90 Å². The molecule has 2 atom stereocenters. The lowest BCUT2D eigenvalue weighted by Gasteiger charge is -2.26. The number of anilines is 1. The number of thiocarbonyl (C=S) groups is 1. The number of carbonyl (C=O) groups excluding carboxylic acids is 1. The topological polar surface area (TPSA) is 23.6 Å². The van der Waals surface area contributed by atoms with E-state index in [-0.39, 0.29) is 17.3 Å². The van der Waals surface area contributed by atoms with Crippen LogP contribution in [0.3, 0.4) is 0 Å². The molecule has 0 unspecified atom stereocenters. The number of hydrogen-bond donors (Lipinski definition) is 0. The Balaban J connectivity index is 1.71. The Morgan fingerprint density at radius 2 is 1.80 bits per heavy atom. The summed E-state index contributed by atoms with van der Waals surface area (Å²) >= 11 is 7.56. The van der Waals surface area contributed by atoms with Gasteiger partial charge in [0.05, 0.1) is 5.69 Å². The van der Waals surface area contributed by atoms with Gasteiger partial charge >= 0.3 is 0 Å². The maximum atomic E-state index is 13.1. The predicted molar refractivity (Wildman–Crippen MR) is 108 cm³/mol. The number of thioether (sulfide) groups is 1. The first-order valence-corrected chi connectivity index (χ1v) is 9.85. The largest absolute Gasteiger partial charge is 0.319 e. The molecule has 128 valence electrons. The molecule has 2 heterocycles. The Hall–Kier alpha value is -1.85. The van der Waals surface area contributed by atoms with E-state index in [0.717, 1.165) is 17.0 Å². The average molecular weight is 369 g/mol. The van der Waals surface area contributed by atoms with Crippen molar-refractivity contribution in [2.75, 3.05) is 10.7 Å². The zero-order valence-electron chi connectivity index (χ0n) is 14.5. The van der Waals surface area contributed by atoms with Crippen molar-refractivity contribution < 1.29 is 4.79 Å². The van der Waals surface area contributed by atoms with Gasteiger partial charge in [-0.25, -0.2) is 0 Å². The van der Waals surface area contributed by atoms with Crippen molar-refractivity contribution in [1.29, 1.82) is 0 Å². The van der Waals surface area contributed by atoms with E-state index in [1.165, 1.54) is 16.7 Å². The summed E-state index contributed by atoms with van der Waals surface area (Å²) in [5.74, 6) is 0.875. The molecule has 25 heavy (non-hydrogen) atoms. The molecule has 3 nitrogen and oxygen atoms in total. The number of amides is 1. The average Bonchev–Trinajstić information content (AvgIpc) is 3.13. The van der Waals surface area contributed by atoms with E-state index in [1.807, 2.05) is 12.1 Å². The molecule has 0 aliphatic carbocycles. The highest BCUT2D eigenvalue weighted by molar-refractivity contribution is 7.99. The van der Waals surface area contributed by atoms with Crippen LogP contribution in [0.5, 0.6) is 0 Å². The minimum atomic E-state index is -0.163. The second kappa shape index (κ2) is 6.15. The van der Waals surface area contributed by atoms with E-state index in [1.54, 1.807) is 16.7 Å². The maximum absolute atomic E-state index is 13.1. The summed E-state index contributed by atoms with van der Waals surface area (Å²) in [7, 11) is 0. The highest BCUT2D eigenvalue weighted by Crippen LogP contribution is 2.46. The van der Waals surface area contributed by atoms with Crippen molar-refractivity contribution in [3.63, 3.8) is 0 Å². The van der Waals surface area contributed by atoms with Crippen LogP contribution in [-0.2, 0) is 4.79 Å². The molecule has 2 aromatic carbocycles. The van der Waals surface area contributed by atoms with Crippen molar-refractivity contribution in [1.82, 2.24) is 4.90 Å². The summed E-state index contributed by atoms with van der Waals surface area (Å²) in [5.41, 5.74) is 5.64. The van der Waals surface area contributed by atoms with Gasteiger partial charge in [-0.15, -0.1) is 11.8 Å². The van der Waals surface area contributed by atoms with E-state index < -0.39 is 0 Å². The maximum Gasteiger partial charge on any atom is 0.257 e. The van der Waals surface area contributed by atoms with Gasteiger partial charge in [0.1, 0.15) is 11.4 Å². The number of rotatable bonds is 2. The van der Waals surface area contributed by atoms with Gasteiger partial charge in [0, 0.05) is 5.75 Å². The molecule has 0 saturated carbocycles. The standard InChI is InChI=1S/C20H20N2OS2/c1-12-7-9-15(10-8-12)19-22-17(11-25-19)18(23)21(20(22)24)16-6-4-5-13(2)14(16)3/h4-10,17,19H,11H2,1-3H3/t17-,19-/m0/s1. The number of nitrogens with zero attached hydrogens (tertiary/aromatic N) is 2. The molecule has 0 bridgehead atoms. The van der Waals surface area contributed by atoms with Crippen LogP contribution in [0.25, 0.3) is 0 Å². The molecular formula is C20H20N2OS2. The third-order valence-electron chi connectivity index (χ3n) is 5.10. The fraction of sp³-hybridized carbons (Fsp3) is 0.300. The minimum absolute atomic E-state index is 0.0980. The summed E-state index contributed by atoms with van der Waals surface area (Å²) in [4.78, 5) is 16.9. The molecule has 0 radical (unpaired) electrons. The Kier molecular flexibility index (Phi) is 4.08. The summed E-state index contributed by atoms with van der Waals surface area (Å²) in [5, 5.41) is 0.733. The van der Waals surface area contributed by atoms with Gasteiger partial charge < -0.3 is 4.90 Å². The van der Waals surface area contributed by atoms with Crippen LogP contribution in [0.15, 0.2) is 42.5 Å². The van der Waals surface area contributed by atoms with Crippen LogP contribution in [0.4, 0.5) is 5.69 Å². The third-order valence-corrected chi connectivity index (χ3v) is 6.81. The fourth-order valence-electron chi connectivity index (χ4n) is 3.48. The Labute approximate surface area is 158 Å². The van der Waals surface area contributed by atoms with Crippen molar-refractivity contribution >= 4 is 40.7 Å². The molecule has 2 aliphatic rings. The van der Waals surface area contributed by atoms with Gasteiger partial charge in [0.2, 0.25) is 0 Å². The van der Waals surface area contributed by atoms with E-state index in [2.05, 4.69) is 56.0 Å². The van der Waals surface area contributed by atoms with Crippen molar-refractivity contribution in [2.45, 2.75) is 32.2 Å². The molecule has 2 saturated heterocycles. The highest BCUT2D eigenvalue weighted by Gasteiger charge is 2.51. The van der Waals surface area contributed by atoms with Crippen LogP contribution in [0.1, 0.15) is 27.6 Å². The zero-order chi connectivity index (χ0) is 17.7. The normalized spacial score (nSPS) is 22.7. The molecule has 2 aromatic rings.